The van der Waals surface area contributed by atoms with Crippen molar-refractivity contribution < 1.29 is 0 Å². The third kappa shape index (κ3) is 4.71. The molecule has 1 aromatic rings. The molecule has 0 saturated carbocycles. The lowest BCUT2D eigenvalue weighted by Gasteiger charge is -2.27. The number of hydrogen-bond acceptors (Lipinski definition) is 3. The van der Waals surface area contributed by atoms with Gasteiger partial charge in [-0.15, -0.1) is 0 Å². The molecule has 0 heterocycles. The molecule has 0 unspecified atom stereocenters. The second-order valence-electron chi connectivity index (χ2n) is 4.49. The minimum absolute atomic E-state index is 0.879. The van der Waals surface area contributed by atoms with Gasteiger partial charge in [-0.25, -0.2) is 0 Å². The molecule has 0 spiro atoms. The van der Waals surface area contributed by atoms with Gasteiger partial charge in [0.2, 0.25) is 0 Å². The van der Waals surface area contributed by atoms with Crippen LogP contribution in [0, 0.1) is 3.57 Å². The summed E-state index contributed by atoms with van der Waals surface area (Å²) in [5.41, 5.74) is 8.14. The number of nitrogen functional groups attached to an aromatic ring is 1. The summed E-state index contributed by atoms with van der Waals surface area (Å²) in [5, 5.41) is 0. The zero-order valence-electron chi connectivity index (χ0n) is 10.9. The van der Waals surface area contributed by atoms with E-state index in [1.807, 2.05) is 6.07 Å². The van der Waals surface area contributed by atoms with Crippen LogP contribution in [-0.4, -0.2) is 38.6 Å². The standard InChI is InChI=1S/C13H22IN3/c1-4-7-17(9-8-16(2)3)13-6-5-11(14)10-12(13)15/h5-6,10H,4,7-9,15H2,1-3H3. The SMILES string of the molecule is CCCN(CCN(C)C)c1ccc(I)cc1N. The molecular weight excluding hydrogens is 325 g/mol. The lowest BCUT2D eigenvalue weighted by atomic mass is 10.2. The van der Waals surface area contributed by atoms with E-state index in [1.54, 1.807) is 0 Å². The Labute approximate surface area is 118 Å². The maximum Gasteiger partial charge on any atom is 0.0601 e. The van der Waals surface area contributed by atoms with Crippen LogP contribution in [0.5, 0.6) is 0 Å². The molecule has 0 radical (unpaired) electrons. The summed E-state index contributed by atoms with van der Waals surface area (Å²) in [5.74, 6) is 0. The van der Waals surface area contributed by atoms with E-state index in [1.165, 1.54) is 3.57 Å². The first-order valence-electron chi connectivity index (χ1n) is 5.99. The van der Waals surface area contributed by atoms with E-state index in [2.05, 4.69) is 65.5 Å². The van der Waals surface area contributed by atoms with Crippen molar-refractivity contribution in [3.8, 4) is 0 Å². The summed E-state index contributed by atoms with van der Waals surface area (Å²) in [6, 6.07) is 6.28. The molecule has 17 heavy (non-hydrogen) atoms. The molecule has 0 saturated heterocycles. The van der Waals surface area contributed by atoms with Crippen molar-refractivity contribution in [3.63, 3.8) is 0 Å². The topological polar surface area (TPSA) is 32.5 Å². The summed E-state index contributed by atoms with van der Waals surface area (Å²) in [7, 11) is 4.20. The summed E-state index contributed by atoms with van der Waals surface area (Å²) in [4.78, 5) is 4.57. The highest BCUT2D eigenvalue weighted by Crippen LogP contribution is 2.25. The van der Waals surface area contributed by atoms with Gasteiger partial charge in [0, 0.05) is 23.2 Å². The van der Waals surface area contributed by atoms with Crippen molar-refractivity contribution in [1.82, 2.24) is 4.90 Å². The molecule has 96 valence electrons. The van der Waals surface area contributed by atoms with Crippen LogP contribution >= 0.6 is 22.6 Å². The van der Waals surface area contributed by atoms with E-state index in [0.29, 0.717) is 0 Å². The van der Waals surface area contributed by atoms with Crippen LogP contribution in [0.4, 0.5) is 11.4 Å². The van der Waals surface area contributed by atoms with E-state index >= 15 is 0 Å². The lowest BCUT2D eigenvalue weighted by Crippen LogP contribution is -2.32. The molecule has 1 aromatic carbocycles. The Morgan fingerprint density at radius 2 is 1.88 bits per heavy atom. The van der Waals surface area contributed by atoms with Gasteiger partial charge in [0.25, 0.3) is 0 Å². The first kappa shape index (κ1) is 14.6. The van der Waals surface area contributed by atoms with Crippen molar-refractivity contribution in [2.45, 2.75) is 13.3 Å². The monoisotopic (exact) mass is 347 g/mol. The minimum atomic E-state index is 0.879. The van der Waals surface area contributed by atoms with Gasteiger partial charge in [0.15, 0.2) is 0 Å². The predicted molar refractivity (Wildman–Crippen MR) is 84.6 cm³/mol. The van der Waals surface area contributed by atoms with Gasteiger partial charge in [-0.05, 0) is 61.3 Å². The third-order valence-corrected chi connectivity index (χ3v) is 3.31. The first-order chi connectivity index (χ1) is 8.04. The summed E-state index contributed by atoms with van der Waals surface area (Å²) < 4.78 is 1.19. The highest BCUT2D eigenvalue weighted by atomic mass is 127. The van der Waals surface area contributed by atoms with Gasteiger partial charge < -0.3 is 15.5 Å². The number of nitrogens with two attached hydrogens (primary N) is 1. The smallest absolute Gasteiger partial charge is 0.0601 e. The Morgan fingerprint density at radius 1 is 1.18 bits per heavy atom. The van der Waals surface area contributed by atoms with E-state index in [9.17, 15) is 0 Å². The van der Waals surface area contributed by atoms with Crippen LogP contribution in [-0.2, 0) is 0 Å². The third-order valence-electron chi connectivity index (χ3n) is 2.64. The second kappa shape index (κ2) is 7.06. The van der Waals surface area contributed by atoms with E-state index in [4.69, 9.17) is 5.73 Å². The molecule has 0 atom stereocenters. The molecule has 0 bridgehead atoms. The number of halogens is 1. The molecule has 1 rings (SSSR count). The summed E-state index contributed by atoms with van der Waals surface area (Å²) >= 11 is 2.29. The lowest BCUT2D eigenvalue weighted by molar-refractivity contribution is 0.413. The molecule has 3 nitrogen and oxygen atoms in total. The zero-order chi connectivity index (χ0) is 12.8. The van der Waals surface area contributed by atoms with Gasteiger partial charge in [0.1, 0.15) is 0 Å². The van der Waals surface area contributed by atoms with Crippen LogP contribution in [0.1, 0.15) is 13.3 Å². The van der Waals surface area contributed by atoms with Gasteiger partial charge >= 0.3 is 0 Å². The van der Waals surface area contributed by atoms with Crippen molar-refractivity contribution in [2.24, 2.45) is 0 Å². The van der Waals surface area contributed by atoms with Crippen molar-refractivity contribution in [3.05, 3.63) is 21.8 Å². The highest BCUT2D eigenvalue weighted by molar-refractivity contribution is 14.1. The average molecular weight is 347 g/mol. The zero-order valence-corrected chi connectivity index (χ0v) is 13.1. The number of hydrogen-bond donors (Lipinski definition) is 1. The molecule has 0 fully saturated rings. The molecule has 0 aliphatic heterocycles. The van der Waals surface area contributed by atoms with Gasteiger partial charge in [-0.1, -0.05) is 6.92 Å². The summed E-state index contributed by atoms with van der Waals surface area (Å²) in [6.45, 7) is 5.32. The molecule has 2 N–H and O–H groups in total. The van der Waals surface area contributed by atoms with Crippen molar-refractivity contribution in [1.29, 1.82) is 0 Å². The molecule has 0 amide bonds. The van der Waals surface area contributed by atoms with Crippen molar-refractivity contribution >= 4 is 34.0 Å². The van der Waals surface area contributed by atoms with Crippen LogP contribution in [0.15, 0.2) is 18.2 Å². The van der Waals surface area contributed by atoms with Crippen LogP contribution < -0.4 is 10.6 Å². The molecule has 0 aliphatic rings. The Balaban J connectivity index is 2.81. The largest absolute Gasteiger partial charge is 0.397 e. The highest BCUT2D eigenvalue weighted by Gasteiger charge is 2.09. The Bertz CT molecular complexity index is 353. The van der Waals surface area contributed by atoms with Crippen LogP contribution in [0.3, 0.4) is 0 Å². The van der Waals surface area contributed by atoms with Gasteiger partial charge in [-0.3, -0.25) is 0 Å². The fourth-order valence-corrected chi connectivity index (χ4v) is 2.27. The molecule has 0 aromatic heterocycles. The quantitative estimate of drug-likeness (QED) is 0.634. The van der Waals surface area contributed by atoms with Crippen LogP contribution in [0.25, 0.3) is 0 Å². The molecule has 4 heteroatoms. The molecule has 0 aliphatic carbocycles. The fourth-order valence-electron chi connectivity index (χ4n) is 1.76. The molecular formula is C13H22IN3. The first-order valence-corrected chi connectivity index (χ1v) is 7.07. The van der Waals surface area contributed by atoms with E-state index < -0.39 is 0 Å². The van der Waals surface area contributed by atoms with Crippen molar-refractivity contribution in [2.75, 3.05) is 44.4 Å². The number of rotatable bonds is 6. The number of anilines is 2. The minimum Gasteiger partial charge on any atom is -0.397 e. The van der Waals surface area contributed by atoms with E-state index in [0.717, 1.165) is 37.4 Å². The normalized spacial score (nSPS) is 10.9. The Hall–Kier alpha value is -0.490. The summed E-state index contributed by atoms with van der Waals surface area (Å²) in [6.07, 6.45) is 1.14. The number of benzene rings is 1. The second-order valence-corrected chi connectivity index (χ2v) is 5.74. The number of nitrogens with zero attached hydrogens (tertiary/aromatic N) is 2. The fraction of sp³-hybridized carbons (Fsp3) is 0.538. The predicted octanol–water partition coefficient (Wildman–Crippen LogP) is 2.65. The maximum atomic E-state index is 6.10. The average Bonchev–Trinajstić information content (AvgIpc) is 2.24. The number of likely N-dealkylation sites (N-methyl/N-ethyl adjacent to an activating group) is 1. The van der Waals surface area contributed by atoms with E-state index in [-0.39, 0.29) is 0 Å². The van der Waals surface area contributed by atoms with Gasteiger partial charge in [-0.2, -0.15) is 0 Å². The Morgan fingerprint density at radius 3 is 2.41 bits per heavy atom. The maximum absolute atomic E-state index is 6.10. The Kier molecular flexibility index (Phi) is 6.05. The van der Waals surface area contributed by atoms with Crippen LogP contribution in [0.2, 0.25) is 0 Å². The van der Waals surface area contributed by atoms with Gasteiger partial charge in [0.05, 0.1) is 11.4 Å².